The molecule has 0 bridgehead atoms. The van der Waals surface area contributed by atoms with Crippen LogP contribution in [0.2, 0.25) is 0 Å². The van der Waals surface area contributed by atoms with Crippen LogP contribution in [0.3, 0.4) is 0 Å². The number of amides is 1. The molecule has 2 aliphatic carbocycles. The normalized spacial score (nSPS) is 33.1. The fraction of sp³-hybridized carbons (Fsp3) is 0.773. The first-order chi connectivity index (χ1) is 13.1. The summed E-state index contributed by atoms with van der Waals surface area (Å²) in [6, 6.07) is 0. The Morgan fingerprint density at radius 2 is 1.81 bits per heavy atom. The maximum atomic E-state index is 11.4. The molecule has 1 amide bonds. The molecular formula is C22H37NO4. The predicted octanol–water partition coefficient (Wildman–Crippen LogP) is 3.89. The second kappa shape index (κ2) is 12.1. The molecule has 1 N–H and O–H groups in total. The number of aldehydes is 2. The van der Waals surface area contributed by atoms with E-state index in [2.05, 4.69) is 12.2 Å². The Hall–Kier alpha value is -1.49. The van der Waals surface area contributed by atoms with Crippen LogP contribution in [0, 0.1) is 17.8 Å². The zero-order valence-electron chi connectivity index (χ0n) is 17.2. The molecular weight excluding hydrogens is 342 g/mol. The summed E-state index contributed by atoms with van der Waals surface area (Å²) in [6.07, 6.45) is 16.8. The van der Waals surface area contributed by atoms with Gasteiger partial charge in [-0.1, -0.05) is 38.8 Å². The highest BCUT2D eigenvalue weighted by atomic mass is 16.3. The Kier molecular flexibility index (Phi) is 10.5. The molecule has 4 aliphatic rings. The van der Waals surface area contributed by atoms with Crippen molar-refractivity contribution in [2.75, 3.05) is 6.54 Å². The van der Waals surface area contributed by atoms with Crippen molar-refractivity contribution in [3.05, 3.63) is 12.2 Å². The number of nitrogens with zero attached hydrogens (tertiary/aromatic N) is 1. The number of fused-ring (bicyclic) bond motifs is 2. The second-order valence-electron chi connectivity index (χ2n) is 7.47. The van der Waals surface area contributed by atoms with Crippen LogP contribution in [0.1, 0.15) is 78.6 Å². The van der Waals surface area contributed by atoms with Gasteiger partial charge in [-0.3, -0.25) is 4.79 Å². The Morgan fingerprint density at radius 3 is 2.41 bits per heavy atom. The van der Waals surface area contributed by atoms with E-state index in [-0.39, 0.29) is 12.3 Å². The Labute approximate surface area is 164 Å². The van der Waals surface area contributed by atoms with Crippen molar-refractivity contribution >= 4 is 18.5 Å². The molecule has 4 rings (SSSR count). The van der Waals surface area contributed by atoms with E-state index in [4.69, 9.17) is 4.79 Å². The zero-order chi connectivity index (χ0) is 20.3. The van der Waals surface area contributed by atoms with Crippen LogP contribution in [0.25, 0.3) is 0 Å². The van der Waals surface area contributed by atoms with E-state index < -0.39 is 11.6 Å². The van der Waals surface area contributed by atoms with E-state index in [9.17, 15) is 14.7 Å². The van der Waals surface area contributed by atoms with Gasteiger partial charge in [-0.05, 0) is 57.3 Å². The lowest BCUT2D eigenvalue weighted by molar-refractivity contribution is -0.140. The van der Waals surface area contributed by atoms with Crippen LogP contribution in [-0.2, 0) is 14.4 Å². The van der Waals surface area contributed by atoms with Crippen molar-refractivity contribution in [2.45, 2.75) is 84.3 Å². The van der Waals surface area contributed by atoms with Crippen molar-refractivity contribution in [2.24, 2.45) is 17.8 Å². The maximum absolute atomic E-state index is 11.4. The number of carbonyl (C=O) groups is 3. The van der Waals surface area contributed by atoms with Gasteiger partial charge in [0, 0.05) is 13.0 Å². The number of hydrogen-bond donors (Lipinski definition) is 1. The second-order valence-corrected chi connectivity index (χ2v) is 7.47. The van der Waals surface area contributed by atoms with Crippen molar-refractivity contribution in [1.82, 2.24) is 4.90 Å². The minimum Gasteiger partial charge on any atom is -0.371 e. The molecule has 4 atom stereocenters. The zero-order valence-corrected chi connectivity index (χ0v) is 17.2. The largest absolute Gasteiger partial charge is 0.371 e. The highest BCUT2D eigenvalue weighted by Gasteiger charge is 2.52. The van der Waals surface area contributed by atoms with E-state index in [1.165, 1.54) is 50.3 Å². The summed E-state index contributed by atoms with van der Waals surface area (Å²) in [5, 5.41) is 9.85. The van der Waals surface area contributed by atoms with Gasteiger partial charge in [0.05, 0.1) is 5.92 Å². The summed E-state index contributed by atoms with van der Waals surface area (Å²) in [5.74, 6) is 1.24. The summed E-state index contributed by atoms with van der Waals surface area (Å²) >= 11 is 0. The minimum absolute atomic E-state index is 0.204. The van der Waals surface area contributed by atoms with E-state index >= 15 is 0 Å². The molecule has 5 nitrogen and oxygen atoms in total. The van der Waals surface area contributed by atoms with Gasteiger partial charge in [-0.25, -0.2) is 0 Å². The molecule has 27 heavy (non-hydrogen) atoms. The third-order valence-electron chi connectivity index (χ3n) is 5.81. The third-order valence-corrected chi connectivity index (χ3v) is 5.81. The van der Waals surface area contributed by atoms with Crippen molar-refractivity contribution in [3.63, 3.8) is 0 Å². The van der Waals surface area contributed by atoms with Crippen molar-refractivity contribution < 1.29 is 19.5 Å². The summed E-state index contributed by atoms with van der Waals surface area (Å²) in [7, 11) is 0. The Bertz CT molecular complexity index is 505. The summed E-state index contributed by atoms with van der Waals surface area (Å²) in [4.78, 5) is 32.0. The standard InChI is InChI=1S/C10H16.C8H11NO3.C2H4O.C2H6/c1-2-6-10-8-4-3-7-9(10)5-1;10-5-6-4-8(12)2-1-3-9(8)7(6)11;1-2-3;1-2/h1,5,9-10H,2-4,6-8H2;5-6,12H,1-4H2;2H,1H3;1-2H3/t9-,10?;;;/m0.../s1. The summed E-state index contributed by atoms with van der Waals surface area (Å²) in [5.41, 5.74) is -0.997. The molecule has 0 spiro atoms. The van der Waals surface area contributed by atoms with Gasteiger partial charge in [0.1, 0.15) is 18.3 Å². The molecule has 2 heterocycles. The monoisotopic (exact) mass is 379 g/mol. The van der Waals surface area contributed by atoms with Crippen LogP contribution >= 0.6 is 0 Å². The van der Waals surface area contributed by atoms with Crippen LogP contribution < -0.4 is 0 Å². The number of rotatable bonds is 1. The Balaban J connectivity index is 0.000000221. The molecule has 154 valence electrons. The average molecular weight is 380 g/mol. The molecule has 5 heteroatoms. The SMILES string of the molecule is C1=C[C@H]2CCCCC2CC1.CC.CC=O.O=CC1CC2(O)CCCN2C1=O. The van der Waals surface area contributed by atoms with Gasteiger partial charge in [0.2, 0.25) is 5.91 Å². The van der Waals surface area contributed by atoms with Crippen LogP contribution in [0.4, 0.5) is 0 Å². The number of allylic oxidation sites excluding steroid dienone is 2. The van der Waals surface area contributed by atoms with E-state index in [1.807, 2.05) is 13.8 Å². The van der Waals surface area contributed by atoms with Gasteiger partial charge < -0.3 is 19.6 Å². The van der Waals surface area contributed by atoms with E-state index in [0.29, 0.717) is 19.3 Å². The lowest BCUT2D eigenvalue weighted by Crippen LogP contribution is -2.39. The van der Waals surface area contributed by atoms with Crippen LogP contribution in [0.15, 0.2) is 12.2 Å². The highest BCUT2D eigenvalue weighted by Crippen LogP contribution is 2.39. The predicted molar refractivity (Wildman–Crippen MR) is 107 cm³/mol. The molecule has 2 aliphatic heterocycles. The van der Waals surface area contributed by atoms with Gasteiger partial charge >= 0.3 is 0 Å². The first kappa shape index (κ1) is 23.5. The molecule has 1 saturated carbocycles. The molecule has 2 saturated heterocycles. The molecule has 3 unspecified atom stereocenters. The van der Waals surface area contributed by atoms with Crippen LogP contribution in [-0.4, -0.2) is 40.8 Å². The average Bonchev–Trinajstić information content (AvgIpc) is 3.20. The lowest BCUT2D eigenvalue weighted by atomic mass is 9.74. The highest BCUT2D eigenvalue weighted by molar-refractivity contribution is 5.94. The lowest BCUT2D eigenvalue weighted by Gasteiger charge is -2.31. The fourth-order valence-electron chi connectivity index (χ4n) is 4.57. The summed E-state index contributed by atoms with van der Waals surface area (Å²) in [6.45, 7) is 6.04. The van der Waals surface area contributed by atoms with Crippen LogP contribution in [0.5, 0.6) is 0 Å². The Morgan fingerprint density at radius 1 is 1.15 bits per heavy atom. The summed E-state index contributed by atoms with van der Waals surface area (Å²) < 4.78 is 0. The van der Waals surface area contributed by atoms with Gasteiger partial charge in [0.15, 0.2) is 0 Å². The van der Waals surface area contributed by atoms with Crippen molar-refractivity contribution in [3.8, 4) is 0 Å². The maximum Gasteiger partial charge on any atom is 0.235 e. The molecule has 0 aromatic heterocycles. The van der Waals surface area contributed by atoms with E-state index in [1.54, 1.807) is 0 Å². The topological polar surface area (TPSA) is 74.7 Å². The third kappa shape index (κ3) is 6.27. The van der Waals surface area contributed by atoms with Gasteiger partial charge in [-0.15, -0.1) is 0 Å². The number of carbonyl (C=O) groups excluding carboxylic acids is 3. The molecule has 0 radical (unpaired) electrons. The molecule has 0 aromatic carbocycles. The first-order valence-corrected chi connectivity index (χ1v) is 10.6. The van der Waals surface area contributed by atoms with Gasteiger partial charge in [-0.2, -0.15) is 0 Å². The quantitative estimate of drug-likeness (QED) is 0.426. The first-order valence-electron chi connectivity index (χ1n) is 10.6. The molecule has 0 aromatic rings. The van der Waals surface area contributed by atoms with E-state index in [0.717, 1.165) is 24.5 Å². The number of aliphatic hydroxyl groups is 1. The minimum atomic E-state index is -0.997. The smallest absolute Gasteiger partial charge is 0.235 e. The fourth-order valence-corrected chi connectivity index (χ4v) is 4.57. The number of hydrogen-bond acceptors (Lipinski definition) is 4. The molecule has 3 fully saturated rings. The van der Waals surface area contributed by atoms with Crippen molar-refractivity contribution in [1.29, 1.82) is 0 Å². The van der Waals surface area contributed by atoms with Gasteiger partial charge in [0.25, 0.3) is 0 Å².